The molecule has 0 atom stereocenters. The Hall–Kier alpha value is -3.03. The van der Waals surface area contributed by atoms with Gasteiger partial charge in [-0.25, -0.2) is 4.79 Å². The van der Waals surface area contributed by atoms with Crippen LogP contribution in [0.5, 0.6) is 17.2 Å². The number of piperidine rings is 1. The normalized spacial score (nSPS) is 17.8. The number of anilines is 1. The molecule has 1 aromatic carbocycles. The van der Waals surface area contributed by atoms with Crippen LogP contribution in [0.25, 0.3) is 0 Å². The summed E-state index contributed by atoms with van der Waals surface area (Å²) in [6.45, 7) is 3.08. The van der Waals surface area contributed by atoms with Crippen LogP contribution in [0.3, 0.4) is 0 Å². The number of rotatable bonds is 4. The number of carboxylic acids is 1. The maximum atomic E-state index is 12.0. The van der Waals surface area contributed by atoms with Gasteiger partial charge in [-0.15, -0.1) is 5.10 Å². The van der Waals surface area contributed by atoms with Crippen molar-refractivity contribution in [3.05, 3.63) is 36.0 Å². The highest BCUT2D eigenvalue weighted by Crippen LogP contribution is 2.38. The number of aromatic nitrogens is 2. The number of aliphatic carboxylic acids is 1. The second-order valence-electron chi connectivity index (χ2n) is 6.44. The smallest absolute Gasteiger partial charge is 0.348 e. The Morgan fingerprint density at radius 1 is 1.15 bits per heavy atom. The summed E-state index contributed by atoms with van der Waals surface area (Å²) in [7, 11) is 0. The SMILES string of the molecule is Cc1ccc(N2CCC(Oc3ccc4c(c3)OCO4)(C(=O)O)CC2)nn1. The molecule has 1 fully saturated rings. The van der Waals surface area contributed by atoms with Gasteiger partial charge in [0.05, 0.1) is 5.69 Å². The van der Waals surface area contributed by atoms with Crippen molar-refractivity contribution in [1.29, 1.82) is 0 Å². The van der Waals surface area contributed by atoms with Crippen molar-refractivity contribution >= 4 is 11.8 Å². The predicted molar refractivity (Wildman–Crippen MR) is 91.8 cm³/mol. The number of benzene rings is 1. The molecule has 0 amide bonds. The van der Waals surface area contributed by atoms with Gasteiger partial charge >= 0.3 is 5.97 Å². The van der Waals surface area contributed by atoms with Crippen molar-refractivity contribution < 1.29 is 24.1 Å². The first-order valence-electron chi connectivity index (χ1n) is 8.43. The fourth-order valence-corrected chi connectivity index (χ4v) is 3.18. The van der Waals surface area contributed by atoms with E-state index in [0.717, 1.165) is 11.5 Å². The van der Waals surface area contributed by atoms with Crippen molar-refractivity contribution in [3.63, 3.8) is 0 Å². The molecule has 26 heavy (non-hydrogen) atoms. The number of ether oxygens (including phenoxy) is 3. The highest BCUT2D eigenvalue weighted by atomic mass is 16.7. The van der Waals surface area contributed by atoms with Crippen molar-refractivity contribution in [2.75, 3.05) is 24.8 Å². The lowest BCUT2D eigenvalue weighted by molar-refractivity contribution is -0.157. The summed E-state index contributed by atoms with van der Waals surface area (Å²) in [5.41, 5.74) is -0.431. The van der Waals surface area contributed by atoms with Crippen LogP contribution in [0.4, 0.5) is 5.82 Å². The third-order valence-electron chi connectivity index (χ3n) is 4.73. The van der Waals surface area contributed by atoms with E-state index in [9.17, 15) is 9.90 Å². The number of hydrogen-bond donors (Lipinski definition) is 1. The van der Waals surface area contributed by atoms with Crippen LogP contribution in [0, 0.1) is 6.92 Å². The molecule has 0 spiro atoms. The Morgan fingerprint density at radius 2 is 1.92 bits per heavy atom. The third kappa shape index (κ3) is 2.98. The number of hydrogen-bond acceptors (Lipinski definition) is 7. The lowest BCUT2D eigenvalue weighted by Gasteiger charge is -2.39. The van der Waals surface area contributed by atoms with Crippen molar-refractivity contribution in [3.8, 4) is 17.2 Å². The Morgan fingerprint density at radius 3 is 2.62 bits per heavy atom. The molecule has 136 valence electrons. The van der Waals surface area contributed by atoms with E-state index in [-0.39, 0.29) is 6.79 Å². The number of aryl methyl sites for hydroxylation is 1. The highest BCUT2D eigenvalue weighted by Gasteiger charge is 2.44. The summed E-state index contributed by atoms with van der Waals surface area (Å²) >= 11 is 0. The van der Waals surface area contributed by atoms with Gasteiger partial charge < -0.3 is 24.2 Å². The van der Waals surface area contributed by atoms with Gasteiger partial charge in [0.2, 0.25) is 12.4 Å². The zero-order chi connectivity index (χ0) is 18.1. The van der Waals surface area contributed by atoms with Crippen molar-refractivity contribution in [2.24, 2.45) is 0 Å². The largest absolute Gasteiger partial charge is 0.478 e. The predicted octanol–water partition coefficient (Wildman–Crippen LogP) is 2.02. The molecule has 8 nitrogen and oxygen atoms in total. The standard InChI is InChI=1S/C18H19N3O5/c1-12-2-5-16(20-19-12)21-8-6-18(7-9-21,17(22)23)26-13-3-4-14-15(10-13)25-11-24-14/h2-5,10H,6-9,11H2,1H3,(H,22,23). The van der Waals surface area contributed by atoms with Gasteiger partial charge in [0.15, 0.2) is 17.3 Å². The maximum absolute atomic E-state index is 12.0. The Bertz CT molecular complexity index is 816. The van der Waals surface area contributed by atoms with E-state index in [1.165, 1.54) is 0 Å². The molecule has 2 aliphatic heterocycles. The minimum absolute atomic E-state index is 0.162. The average Bonchev–Trinajstić information content (AvgIpc) is 3.11. The molecule has 0 unspecified atom stereocenters. The maximum Gasteiger partial charge on any atom is 0.348 e. The fraction of sp³-hybridized carbons (Fsp3) is 0.389. The molecule has 0 radical (unpaired) electrons. The molecule has 1 saturated heterocycles. The molecule has 3 heterocycles. The Labute approximate surface area is 150 Å². The average molecular weight is 357 g/mol. The van der Waals surface area contributed by atoms with Gasteiger partial charge in [0.1, 0.15) is 5.75 Å². The van der Waals surface area contributed by atoms with E-state index >= 15 is 0 Å². The van der Waals surface area contributed by atoms with Gasteiger partial charge in [-0.1, -0.05) is 0 Å². The van der Waals surface area contributed by atoms with Crippen LogP contribution >= 0.6 is 0 Å². The minimum atomic E-state index is -1.28. The van der Waals surface area contributed by atoms with Crippen LogP contribution in [0.1, 0.15) is 18.5 Å². The monoisotopic (exact) mass is 357 g/mol. The first-order chi connectivity index (χ1) is 12.6. The molecule has 1 aromatic heterocycles. The zero-order valence-corrected chi connectivity index (χ0v) is 14.3. The minimum Gasteiger partial charge on any atom is -0.478 e. The number of carboxylic acid groups (broad SMARTS) is 1. The van der Waals surface area contributed by atoms with E-state index in [1.54, 1.807) is 18.2 Å². The van der Waals surface area contributed by atoms with Crippen molar-refractivity contribution in [2.45, 2.75) is 25.4 Å². The second-order valence-corrected chi connectivity index (χ2v) is 6.44. The van der Waals surface area contributed by atoms with E-state index in [4.69, 9.17) is 14.2 Å². The molecule has 0 aliphatic carbocycles. The van der Waals surface area contributed by atoms with Crippen LogP contribution in [0.2, 0.25) is 0 Å². The van der Waals surface area contributed by atoms with Crippen LogP contribution in [-0.4, -0.2) is 46.8 Å². The second kappa shape index (κ2) is 6.36. The zero-order valence-electron chi connectivity index (χ0n) is 14.3. The van der Waals surface area contributed by atoms with Gasteiger partial charge in [-0.3, -0.25) is 0 Å². The summed E-state index contributed by atoms with van der Waals surface area (Å²) in [5.74, 6) is 1.44. The van der Waals surface area contributed by atoms with Crippen LogP contribution in [-0.2, 0) is 4.79 Å². The molecule has 0 saturated carbocycles. The Kier molecular flexibility index (Phi) is 4.02. The molecular formula is C18H19N3O5. The van der Waals surface area contributed by atoms with E-state index in [1.807, 2.05) is 24.0 Å². The topological polar surface area (TPSA) is 94.0 Å². The summed E-state index contributed by atoms with van der Waals surface area (Å²) < 4.78 is 16.5. The molecule has 2 aliphatic rings. The van der Waals surface area contributed by atoms with E-state index in [0.29, 0.717) is 43.2 Å². The lowest BCUT2D eigenvalue weighted by Crippen LogP contribution is -2.53. The van der Waals surface area contributed by atoms with Gasteiger partial charge in [-0.2, -0.15) is 5.10 Å². The van der Waals surface area contributed by atoms with Crippen LogP contribution < -0.4 is 19.1 Å². The first-order valence-corrected chi connectivity index (χ1v) is 8.43. The van der Waals surface area contributed by atoms with Gasteiger partial charge in [-0.05, 0) is 31.2 Å². The molecule has 1 N–H and O–H groups in total. The summed E-state index contributed by atoms with van der Waals surface area (Å²) in [6.07, 6.45) is 0.679. The first kappa shape index (κ1) is 16.4. The van der Waals surface area contributed by atoms with E-state index < -0.39 is 11.6 Å². The molecular weight excluding hydrogens is 338 g/mol. The summed E-state index contributed by atoms with van der Waals surface area (Å²) in [5, 5.41) is 18.0. The quantitative estimate of drug-likeness (QED) is 0.888. The highest BCUT2D eigenvalue weighted by molar-refractivity contribution is 5.78. The fourth-order valence-electron chi connectivity index (χ4n) is 3.18. The molecule has 0 bridgehead atoms. The summed E-state index contributed by atoms with van der Waals surface area (Å²) in [4.78, 5) is 14.0. The molecule has 2 aromatic rings. The third-order valence-corrected chi connectivity index (χ3v) is 4.73. The van der Waals surface area contributed by atoms with E-state index in [2.05, 4.69) is 10.2 Å². The van der Waals surface area contributed by atoms with Gasteiger partial charge in [0, 0.05) is 32.0 Å². The number of nitrogens with zero attached hydrogens (tertiary/aromatic N) is 3. The van der Waals surface area contributed by atoms with Gasteiger partial charge in [0.25, 0.3) is 0 Å². The number of fused-ring (bicyclic) bond motifs is 1. The summed E-state index contributed by atoms with van der Waals surface area (Å²) in [6, 6.07) is 8.89. The molecule has 8 heteroatoms. The Balaban J connectivity index is 1.50. The van der Waals surface area contributed by atoms with Crippen molar-refractivity contribution in [1.82, 2.24) is 10.2 Å². The number of carbonyl (C=O) groups is 1. The molecule has 4 rings (SSSR count). The van der Waals surface area contributed by atoms with Crippen LogP contribution in [0.15, 0.2) is 30.3 Å². The lowest BCUT2D eigenvalue weighted by atomic mass is 9.91.